The van der Waals surface area contributed by atoms with Gasteiger partial charge in [0.1, 0.15) is 0 Å². The molecule has 0 radical (unpaired) electrons. The third-order valence-corrected chi connectivity index (χ3v) is 1.60. The van der Waals surface area contributed by atoms with E-state index in [1.807, 2.05) is 6.92 Å². The minimum Gasteiger partial charge on any atom is -0.481 e. The van der Waals surface area contributed by atoms with Gasteiger partial charge in [-0.3, -0.25) is 0 Å². The third kappa shape index (κ3) is 1.61. The van der Waals surface area contributed by atoms with Gasteiger partial charge in [-0.1, -0.05) is 13.5 Å². The smallest absolute Gasteiger partial charge is 0.219 e. The Morgan fingerprint density at radius 3 is 2.92 bits per heavy atom. The molecule has 1 heterocycles. The van der Waals surface area contributed by atoms with Crippen LogP contribution in [0.3, 0.4) is 0 Å². The number of aromatic nitrogens is 2. The fourth-order valence-electron chi connectivity index (χ4n) is 0.922. The monoisotopic (exact) mass is 164 g/mol. The molecule has 0 saturated heterocycles. The number of rotatable bonds is 3. The number of methoxy groups -OCH3 is 1. The highest BCUT2D eigenvalue weighted by Crippen LogP contribution is 2.14. The Bertz CT molecular complexity index is 284. The van der Waals surface area contributed by atoms with Crippen molar-refractivity contribution in [2.45, 2.75) is 13.3 Å². The first kappa shape index (κ1) is 8.71. The van der Waals surface area contributed by atoms with Crippen LogP contribution in [0.4, 0.5) is 0 Å². The lowest BCUT2D eigenvalue weighted by Crippen LogP contribution is -1.97. The highest BCUT2D eigenvalue weighted by Gasteiger charge is 2.02. The highest BCUT2D eigenvalue weighted by molar-refractivity contribution is 5.38. The molecule has 0 saturated carbocycles. The molecule has 0 aliphatic heterocycles. The number of hydrogen-bond acceptors (Lipinski definition) is 3. The Hall–Kier alpha value is -1.38. The number of nitrogens with zero attached hydrogens (tertiary/aromatic N) is 2. The molecular formula is C9H12N2O. The molecule has 0 unspecified atom stereocenters. The van der Waals surface area contributed by atoms with Crippen molar-refractivity contribution in [3.05, 3.63) is 24.2 Å². The van der Waals surface area contributed by atoms with Crippen molar-refractivity contribution in [1.82, 2.24) is 9.97 Å². The average molecular weight is 164 g/mol. The highest BCUT2D eigenvalue weighted by atomic mass is 16.5. The van der Waals surface area contributed by atoms with Gasteiger partial charge in [0.2, 0.25) is 5.88 Å². The van der Waals surface area contributed by atoms with Crippen LogP contribution < -0.4 is 4.74 Å². The Kier molecular flexibility index (Phi) is 2.80. The van der Waals surface area contributed by atoms with Crippen LogP contribution in [0.25, 0.3) is 6.08 Å². The number of ether oxygens (including phenoxy) is 1. The van der Waals surface area contributed by atoms with Crippen molar-refractivity contribution >= 4 is 6.08 Å². The molecule has 3 nitrogen and oxygen atoms in total. The Morgan fingerprint density at radius 2 is 2.42 bits per heavy atom. The summed E-state index contributed by atoms with van der Waals surface area (Å²) in [7, 11) is 1.61. The van der Waals surface area contributed by atoms with E-state index < -0.39 is 0 Å². The van der Waals surface area contributed by atoms with E-state index in [0.29, 0.717) is 11.7 Å². The summed E-state index contributed by atoms with van der Waals surface area (Å²) in [5.41, 5.74) is 1.02. The normalized spacial score (nSPS) is 9.50. The summed E-state index contributed by atoms with van der Waals surface area (Å²) in [4.78, 5) is 8.20. The first-order valence-electron chi connectivity index (χ1n) is 3.84. The van der Waals surface area contributed by atoms with Crippen molar-refractivity contribution in [1.29, 1.82) is 0 Å². The molecule has 1 aromatic rings. The molecular weight excluding hydrogens is 152 g/mol. The average Bonchev–Trinajstić information content (AvgIpc) is 2.16. The topological polar surface area (TPSA) is 35.0 Å². The lowest BCUT2D eigenvalue weighted by atomic mass is 10.2. The summed E-state index contributed by atoms with van der Waals surface area (Å²) in [6.07, 6.45) is 4.24. The quantitative estimate of drug-likeness (QED) is 0.681. The molecule has 3 heteroatoms. The maximum Gasteiger partial charge on any atom is 0.219 e. The molecule has 0 amide bonds. The predicted molar refractivity (Wildman–Crippen MR) is 48.1 cm³/mol. The molecule has 1 rings (SSSR count). The van der Waals surface area contributed by atoms with Gasteiger partial charge in [0.15, 0.2) is 5.82 Å². The van der Waals surface area contributed by atoms with E-state index in [1.165, 1.54) is 0 Å². The lowest BCUT2D eigenvalue weighted by Gasteiger charge is -2.04. The molecule has 64 valence electrons. The first-order valence-corrected chi connectivity index (χ1v) is 3.84. The second kappa shape index (κ2) is 3.85. The van der Waals surface area contributed by atoms with Crippen molar-refractivity contribution in [3.8, 4) is 5.88 Å². The molecule has 0 bridgehead atoms. The molecule has 0 aliphatic carbocycles. The van der Waals surface area contributed by atoms with Gasteiger partial charge < -0.3 is 4.74 Å². The van der Waals surface area contributed by atoms with Gasteiger partial charge in [-0.25, -0.2) is 4.98 Å². The fourth-order valence-corrected chi connectivity index (χ4v) is 0.922. The minimum absolute atomic E-state index is 0.601. The Morgan fingerprint density at radius 1 is 1.67 bits per heavy atom. The number of hydrogen-bond donors (Lipinski definition) is 0. The number of aryl methyl sites for hydroxylation is 1. The molecule has 12 heavy (non-hydrogen) atoms. The third-order valence-electron chi connectivity index (χ3n) is 1.60. The van der Waals surface area contributed by atoms with Crippen LogP contribution in [0.1, 0.15) is 18.3 Å². The van der Waals surface area contributed by atoms with E-state index in [0.717, 1.165) is 12.0 Å². The summed E-state index contributed by atoms with van der Waals surface area (Å²) in [6.45, 7) is 5.62. The van der Waals surface area contributed by atoms with E-state index >= 15 is 0 Å². The van der Waals surface area contributed by atoms with Crippen molar-refractivity contribution in [3.63, 3.8) is 0 Å². The molecule has 0 N–H and O–H groups in total. The lowest BCUT2D eigenvalue weighted by molar-refractivity contribution is 0.391. The zero-order chi connectivity index (χ0) is 8.97. The molecule has 0 aliphatic rings. The Balaban J connectivity index is 3.10. The van der Waals surface area contributed by atoms with Crippen LogP contribution in [-0.4, -0.2) is 17.1 Å². The summed E-state index contributed by atoms with van der Waals surface area (Å²) >= 11 is 0. The van der Waals surface area contributed by atoms with Gasteiger partial charge in [0.05, 0.1) is 7.11 Å². The fraction of sp³-hybridized carbons (Fsp3) is 0.333. The van der Waals surface area contributed by atoms with Gasteiger partial charge in [-0.05, 0) is 12.5 Å². The summed E-state index contributed by atoms with van der Waals surface area (Å²) in [5.74, 6) is 1.24. The van der Waals surface area contributed by atoms with E-state index in [4.69, 9.17) is 4.74 Å². The Labute approximate surface area is 72.1 Å². The maximum absolute atomic E-state index is 5.08. The second-order valence-electron chi connectivity index (χ2n) is 2.32. The molecule has 0 atom stereocenters. The second-order valence-corrected chi connectivity index (χ2v) is 2.32. The van der Waals surface area contributed by atoms with Gasteiger partial charge in [-0.15, -0.1) is 0 Å². The van der Waals surface area contributed by atoms with Crippen LogP contribution in [0.2, 0.25) is 0 Å². The van der Waals surface area contributed by atoms with Crippen molar-refractivity contribution < 1.29 is 4.74 Å². The summed E-state index contributed by atoms with van der Waals surface area (Å²) in [5, 5.41) is 0. The van der Waals surface area contributed by atoms with Crippen LogP contribution in [0.5, 0.6) is 5.88 Å². The molecule has 1 aromatic heterocycles. The largest absolute Gasteiger partial charge is 0.481 e. The maximum atomic E-state index is 5.08. The SMILES string of the molecule is C=Cc1ncc(CC)c(OC)n1. The molecule has 0 aromatic carbocycles. The molecule has 0 spiro atoms. The predicted octanol–water partition coefficient (Wildman–Crippen LogP) is 1.69. The van der Waals surface area contributed by atoms with E-state index in [9.17, 15) is 0 Å². The van der Waals surface area contributed by atoms with E-state index in [2.05, 4.69) is 16.5 Å². The van der Waals surface area contributed by atoms with Crippen LogP contribution >= 0.6 is 0 Å². The van der Waals surface area contributed by atoms with Gasteiger partial charge >= 0.3 is 0 Å². The van der Waals surface area contributed by atoms with Crippen molar-refractivity contribution in [2.75, 3.05) is 7.11 Å². The zero-order valence-corrected chi connectivity index (χ0v) is 7.37. The van der Waals surface area contributed by atoms with Gasteiger partial charge in [-0.2, -0.15) is 4.98 Å². The van der Waals surface area contributed by atoms with Crippen molar-refractivity contribution in [2.24, 2.45) is 0 Å². The van der Waals surface area contributed by atoms with E-state index in [-0.39, 0.29) is 0 Å². The van der Waals surface area contributed by atoms with Crippen LogP contribution in [0, 0.1) is 0 Å². The van der Waals surface area contributed by atoms with Gasteiger partial charge in [0.25, 0.3) is 0 Å². The van der Waals surface area contributed by atoms with Crippen LogP contribution in [-0.2, 0) is 6.42 Å². The van der Waals surface area contributed by atoms with Gasteiger partial charge in [0, 0.05) is 11.8 Å². The van der Waals surface area contributed by atoms with E-state index in [1.54, 1.807) is 19.4 Å². The molecule has 0 fully saturated rings. The summed E-state index contributed by atoms with van der Waals surface area (Å²) in [6, 6.07) is 0. The zero-order valence-electron chi connectivity index (χ0n) is 7.37. The standard InChI is InChI=1S/C9H12N2O/c1-4-7-6-10-8(5-2)11-9(7)12-3/h5-6H,2,4H2,1,3H3. The summed E-state index contributed by atoms with van der Waals surface area (Å²) < 4.78 is 5.08. The first-order chi connectivity index (χ1) is 5.81. The minimum atomic E-state index is 0.601. The van der Waals surface area contributed by atoms with Crippen LogP contribution in [0.15, 0.2) is 12.8 Å².